The number of hydrogen-bond acceptors (Lipinski definition) is 4. The summed E-state index contributed by atoms with van der Waals surface area (Å²) in [7, 11) is 1.99. The second-order valence-corrected chi connectivity index (χ2v) is 8.40. The third-order valence-electron chi connectivity index (χ3n) is 4.93. The molecular formula is C24H33N3O3. The van der Waals surface area contributed by atoms with Crippen molar-refractivity contribution in [3.05, 3.63) is 60.2 Å². The molecule has 6 nitrogen and oxygen atoms in total. The first-order valence-corrected chi connectivity index (χ1v) is 10.2. The number of hydrogen-bond donors (Lipinski definition) is 2. The summed E-state index contributed by atoms with van der Waals surface area (Å²) in [5.41, 5.74) is 6.99. The van der Waals surface area contributed by atoms with E-state index in [1.54, 1.807) is 6.92 Å². The van der Waals surface area contributed by atoms with Crippen molar-refractivity contribution >= 4 is 17.5 Å². The molecule has 0 saturated heterocycles. The molecule has 0 saturated carbocycles. The van der Waals surface area contributed by atoms with E-state index < -0.39 is 5.54 Å². The van der Waals surface area contributed by atoms with Crippen LogP contribution in [0.1, 0.15) is 39.2 Å². The number of rotatable bonds is 11. The zero-order valence-corrected chi connectivity index (χ0v) is 18.4. The molecule has 162 valence electrons. The standard InChI is InChI=1S/C24H33N3O3/c1-18(23(25)29)10-15-22(28)26-24(2,3)17-27(4)20-11-13-21(14-12-20)30-16-19-8-6-5-7-9-19/h5-9,11-14,18H,10,15-17H2,1-4H3,(H2,25,29)(H,26,28). The molecule has 0 spiro atoms. The fraction of sp³-hybridized carbons (Fsp3) is 0.417. The number of carbonyl (C=O) groups is 2. The number of likely N-dealkylation sites (N-methyl/N-ethyl adjacent to an activating group) is 1. The van der Waals surface area contributed by atoms with Crippen molar-refractivity contribution in [2.45, 2.75) is 45.8 Å². The van der Waals surface area contributed by atoms with E-state index in [0.717, 1.165) is 17.0 Å². The highest BCUT2D eigenvalue weighted by atomic mass is 16.5. The van der Waals surface area contributed by atoms with Crippen LogP contribution in [-0.2, 0) is 16.2 Å². The van der Waals surface area contributed by atoms with E-state index in [1.165, 1.54) is 0 Å². The molecule has 3 N–H and O–H groups in total. The predicted octanol–water partition coefficient (Wildman–Crippen LogP) is 3.50. The van der Waals surface area contributed by atoms with Crippen LogP contribution in [0.15, 0.2) is 54.6 Å². The Labute approximate surface area is 179 Å². The van der Waals surface area contributed by atoms with Crippen molar-refractivity contribution in [1.82, 2.24) is 5.32 Å². The molecule has 0 aliphatic rings. The first-order valence-electron chi connectivity index (χ1n) is 10.2. The molecule has 0 aromatic heterocycles. The number of nitrogens with one attached hydrogen (secondary N) is 1. The number of amides is 2. The minimum absolute atomic E-state index is 0.0776. The van der Waals surface area contributed by atoms with Crippen LogP contribution in [0.3, 0.4) is 0 Å². The highest BCUT2D eigenvalue weighted by molar-refractivity contribution is 5.79. The molecule has 0 bridgehead atoms. The Morgan fingerprint density at radius 3 is 2.33 bits per heavy atom. The Hall–Kier alpha value is -3.02. The van der Waals surface area contributed by atoms with Gasteiger partial charge in [-0.25, -0.2) is 0 Å². The van der Waals surface area contributed by atoms with Gasteiger partial charge in [0.1, 0.15) is 12.4 Å². The lowest BCUT2D eigenvalue weighted by molar-refractivity contribution is -0.124. The maximum absolute atomic E-state index is 12.2. The van der Waals surface area contributed by atoms with Crippen LogP contribution < -0.4 is 20.7 Å². The van der Waals surface area contributed by atoms with Crippen LogP contribution in [0.5, 0.6) is 5.75 Å². The van der Waals surface area contributed by atoms with E-state index in [-0.39, 0.29) is 24.2 Å². The molecule has 0 heterocycles. The Morgan fingerprint density at radius 1 is 1.10 bits per heavy atom. The van der Waals surface area contributed by atoms with E-state index in [0.29, 0.717) is 19.6 Å². The topological polar surface area (TPSA) is 84.7 Å². The average molecular weight is 412 g/mol. The van der Waals surface area contributed by atoms with Crippen LogP contribution in [0.4, 0.5) is 5.69 Å². The lowest BCUT2D eigenvalue weighted by Crippen LogP contribution is -2.50. The smallest absolute Gasteiger partial charge is 0.220 e. The van der Waals surface area contributed by atoms with Crippen molar-refractivity contribution in [3.8, 4) is 5.75 Å². The monoisotopic (exact) mass is 411 g/mol. The summed E-state index contributed by atoms with van der Waals surface area (Å²) in [6.07, 6.45) is 0.738. The normalized spacial score (nSPS) is 12.1. The lowest BCUT2D eigenvalue weighted by atomic mass is 10.0. The third-order valence-corrected chi connectivity index (χ3v) is 4.93. The zero-order valence-electron chi connectivity index (χ0n) is 18.4. The van der Waals surface area contributed by atoms with E-state index in [2.05, 4.69) is 10.2 Å². The molecule has 6 heteroatoms. The van der Waals surface area contributed by atoms with Gasteiger partial charge in [0.2, 0.25) is 11.8 Å². The summed E-state index contributed by atoms with van der Waals surface area (Å²) in [5.74, 6) is 0.0560. The highest BCUT2D eigenvalue weighted by Gasteiger charge is 2.23. The summed E-state index contributed by atoms with van der Waals surface area (Å²) in [6.45, 7) is 6.87. The molecule has 2 amide bonds. The Morgan fingerprint density at radius 2 is 1.73 bits per heavy atom. The van der Waals surface area contributed by atoms with Gasteiger partial charge in [-0.05, 0) is 50.1 Å². The molecule has 0 fully saturated rings. The maximum Gasteiger partial charge on any atom is 0.220 e. The molecule has 30 heavy (non-hydrogen) atoms. The van der Waals surface area contributed by atoms with Gasteiger partial charge in [0.25, 0.3) is 0 Å². The summed E-state index contributed by atoms with van der Waals surface area (Å²) in [5, 5.41) is 3.04. The van der Waals surface area contributed by atoms with E-state index in [9.17, 15) is 9.59 Å². The van der Waals surface area contributed by atoms with Gasteiger partial charge in [-0.1, -0.05) is 37.3 Å². The van der Waals surface area contributed by atoms with Gasteiger partial charge in [0, 0.05) is 31.6 Å². The number of nitrogens with two attached hydrogens (primary N) is 1. The summed E-state index contributed by atoms with van der Waals surface area (Å²) in [4.78, 5) is 25.4. The number of carbonyl (C=O) groups excluding carboxylic acids is 2. The fourth-order valence-electron chi connectivity index (χ4n) is 3.19. The zero-order chi connectivity index (χ0) is 22.1. The van der Waals surface area contributed by atoms with Crippen LogP contribution in [0, 0.1) is 5.92 Å². The first-order chi connectivity index (χ1) is 14.2. The van der Waals surface area contributed by atoms with Gasteiger partial charge < -0.3 is 20.7 Å². The summed E-state index contributed by atoms with van der Waals surface area (Å²) >= 11 is 0. The Kier molecular flexibility index (Phi) is 8.27. The second-order valence-electron chi connectivity index (χ2n) is 8.40. The summed E-state index contributed by atoms with van der Waals surface area (Å²) < 4.78 is 5.83. The van der Waals surface area contributed by atoms with Crippen LogP contribution in [0.2, 0.25) is 0 Å². The van der Waals surface area contributed by atoms with Gasteiger partial charge in [0.15, 0.2) is 0 Å². The largest absolute Gasteiger partial charge is 0.489 e. The van der Waals surface area contributed by atoms with Gasteiger partial charge in [-0.2, -0.15) is 0 Å². The second kappa shape index (κ2) is 10.7. The molecule has 0 radical (unpaired) electrons. The van der Waals surface area contributed by atoms with Gasteiger partial charge in [-0.3, -0.25) is 9.59 Å². The predicted molar refractivity (Wildman–Crippen MR) is 120 cm³/mol. The van der Waals surface area contributed by atoms with Crippen molar-refractivity contribution in [2.75, 3.05) is 18.5 Å². The van der Waals surface area contributed by atoms with Crippen LogP contribution in [0.25, 0.3) is 0 Å². The van der Waals surface area contributed by atoms with E-state index in [1.807, 2.05) is 75.5 Å². The molecule has 2 aromatic rings. The third kappa shape index (κ3) is 7.78. The minimum Gasteiger partial charge on any atom is -0.489 e. The molecule has 1 atom stereocenters. The first kappa shape index (κ1) is 23.3. The van der Waals surface area contributed by atoms with E-state index in [4.69, 9.17) is 10.5 Å². The lowest BCUT2D eigenvalue weighted by Gasteiger charge is -2.32. The average Bonchev–Trinajstić information content (AvgIpc) is 2.70. The number of anilines is 1. The fourth-order valence-corrected chi connectivity index (χ4v) is 3.19. The van der Waals surface area contributed by atoms with Gasteiger partial charge >= 0.3 is 0 Å². The van der Waals surface area contributed by atoms with Crippen molar-refractivity contribution < 1.29 is 14.3 Å². The quantitative estimate of drug-likeness (QED) is 0.593. The van der Waals surface area contributed by atoms with Crippen molar-refractivity contribution in [3.63, 3.8) is 0 Å². The minimum atomic E-state index is -0.426. The number of benzene rings is 2. The molecule has 1 unspecified atom stereocenters. The van der Waals surface area contributed by atoms with Gasteiger partial charge in [-0.15, -0.1) is 0 Å². The molecule has 2 aromatic carbocycles. The number of nitrogens with zero attached hydrogens (tertiary/aromatic N) is 1. The Balaban J connectivity index is 1.84. The van der Waals surface area contributed by atoms with E-state index >= 15 is 0 Å². The van der Waals surface area contributed by atoms with Crippen LogP contribution in [-0.4, -0.2) is 30.9 Å². The molecular weight excluding hydrogens is 378 g/mol. The highest BCUT2D eigenvalue weighted by Crippen LogP contribution is 2.21. The number of primary amides is 1. The van der Waals surface area contributed by atoms with Gasteiger partial charge in [0.05, 0.1) is 5.54 Å². The maximum atomic E-state index is 12.2. The summed E-state index contributed by atoms with van der Waals surface area (Å²) in [6, 6.07) is 18.0. The van der Waals surface area contributed by atoms with Crippen LogP contribution >= 0.6 is 0 Å². The molecule has 2 rings (SSSR count). The Bertz CT molecular complexity index is 819. The van der Waals surface area contributed by atoms with Crippen molar-refractivity contribution in [2.24, 2.45) is 11.7 Å². The molecule has 0 aliphatic carbocycles. The SMILES string of the molecule is CC(CCC(=O)NC(C)(C)CN(C)c1ccc(OCc2ccccc2)cc1)C(N)=O. The molecule has 0 aliphatic heterocycles. The number of ether oxygens (including phenoxy) is 1. The van der Waals surface area contributed by atoms with Crippen molar-refractivity contribution in [1.29, 1.82) is 0 Å².